The van der Waals surface area contributed by atoms with Crippen LogP contribution in [0.15, 0.2) is 42.5 Å². The molecule has 3 rings (SSSR count). The first-order chi connectivity index (χ1) is 7.45. The summed E-state index contributed by atoms with van der Waals surface area (Å²) in [6, 6.07) is 18.1. The Kier molecular flexibility index (Phi) is 5.45. The number of alkyl halides is 1. The van der Waals surface area contributed by atoms with Crippen LogP contribution in [0.25, 0.3) is 11.1 Å². The van der Waals surface area contributed by atoms with E-state index in [9.17, 15) is 0 Å². The summed E-state index contributed by atoms with van der Waals surface area (Å²) >= 11 is 4.64. The Hall–Kier alpha value is -0.387. The zero-order valence-corrected chi connectivity index (χ0v) is 12.3. The van der Waals surface area contributed by atoms with Crippen molar-refractivity contribution in [2.24, 2.45) is 0 Å². The van der Waals surface area contributed by atoms with Crippen molar-refractivity contribution in [2.75, 3.05) is 6.38 Å². The minimum absolute atomic E-state index is 0. The molecular weight excluding hydrogens is 295 g/mol. The molecule has 0 bridgehead atoms. The van der Waals surface area contributed by atoms with Crippen LogP contribution in [0.2, 0.25) is 0 Å². The van der Waals surface area contributed by atoms with Crippen LogP contribution in [0.3, 0.4) is 0 Å². The number of fused-ring (bicyclic) bond motifs is 3. The van der Waals surface area contributed by atoms with Crippen LogP contribution in [0, 0.1) is 6.07 Å². The van der Waals surface area contributed by atoms with Gasteiger partial charge in [-0.3, -0.25) is 0 Å². The molecule has 1 aliphatic carbocycles. The normalized spacial score (nSPS) is 10.4. The van der Waals surface area contributed by atoms with Crippen molar-refractivity contribution in [3.05, 3.63) is 59.7 Å². The summed E-state index contributed by atoms with van der Waals surface area (Å²) in [6.07, 6.45) is 2.52. The Labute approximate surface area is 121 Å². The second-order valence-electron chi connectivity index (χ2n) is 3.40. The molecule has 0 spiro atoms. The predicted octanol–water partition coefficient (Wildman–Crippen LogP) is 3.91. The minimum Gasteiger partial charge on any atom is -0.179 e. The third kappa shape index (κ3) is 2.47. The molecule has 0 aliphatic heterocycles. The fourth-order valence-electron chi connectivity index (χ4n) is 2.00. The van der Waals surface area contributed by atoms with Crippen molar-refractivity contribution >= 4 is 11.6 Å². The Morgan fingerprint density at radius 2 is 1.69 bits per heavy atom. The molecule has 2 heteroatoms. The van der Waals surface area contributed by atoms with Crippen molar-refractivity contribution in [3.63, 3.8) is 0 Å². The molecule has 0 radical (unpaired) electrons. The van der Waals surface area contributed by atoms with E-state index in [1.54, 1.807) is 0 Å². The largest absolute Gasteiger partial charge is 0.179 e. The van der Waals surface area contributed by atoms with Gasteiger partial charge >= 0.3 is 0 Å². The van der Waals surface area contributed by atoms with Gasteiger partial charge in [0.2, 0.25) is 0 Å². The number of hydrogen-bond acceptors (Lipinski definition) is 0. The Morgan fingerprint density at radius 1 is 1.00 bits per heavy atom. The van der Waals surface area contributed by atoms with Gasteiger partial charge in [0.1, 0.15) is 0 Å². The van der Waals surface area contributed by atoms with Gasteiger partial charge in [0.25, 0.3) is 0 Å². The number of rotatable bonds is 0. The topological polar surface area (TPSA) is 0 Å². The zero-order chi connectivity index (χ0) is 10.7. The number of halogens is 1. The molecule has 0 saturated heterocycles. The molecule has 0 saturated carbocycles. The van der Waals surface area contributed by atoms with Gasteiger partial charge in [-0.2, -0.15) is 29.8 Å². The van der Waals surface area contributed by atoms with E-state index >= 15 is 0 Å². The van der Waals surface area contributed by atoms with Crippen molar-refractivity contribution < 1.29 is 26.2 Å². The standard InChI is InChI=1S/C13H9.CH3Cl.Zr/c1-3-7-12-10(5-1)9-11-6-2-4-8-13(11)12;1-2;/h1-5,7-8H,9H2;1H3;/q-1;;. The van der Waals surface area contributed by atoms with Gasteiger partial charge in [-0.15, -0.1) is 17.2 Å². The molecule has 80 valence electrons. The van der Waals surface area contributed by atoms with Gasteiger partial charge in [0.15, 0.2) is 0 Å². The maximum absolute atomic E-state index is 4.64. The number of hydrogen-bond donors (Lipinski definition) is 0. The van der Waals surface area contributed by atoms with Gasteiger partial charge in [-0.05, 0) is 6.42 Å². The summed E-state index contributed by atoms with van der Waals surface area (Å²) in [5.41, 5.74) is 5.51. The van der Waals surface area contributed by atoms with E-state index in [4.69, 9.17) is 0 Å². The first-order valence-corrected chi connectivity index (χ1v) is 5.66. The quantitative estimate of drug-likeness (QED) is 0.436. The SMILES string of the molecule is CCl.[Zr].[c-]1cccc2c1Cc1ccccc1-2. The molecule has 16 heavy (non-hydrogen) atoms. The van der Waals surface area contributed by atoms with E-state index in [1.165, 1.54) is 28.6 Å². The maximum Gasteiger partial charge on any atom is 0.0108 e. The summed E-state index contributed by atoms with van der Waals surface area (Å²) in [5, 5.41) is 0. The first kappa shape index (κ1) is 13.7. The van der Waals surface area contributed by atoms with Crippen molar-refractivity contribution in [3.8, 4) is 11.1 Å². The van der Waals surface area contributed by atoms with Gasteiger partial charge in [-0.25, -0.2) is 0 Å². The molecule has 2 aromatic carbocycles. The van der Waals surface area contributed by atoms with Gasteiger partial charge < -0.3 is 0 Å². The van der Waals surface area contributed by atoms with Crippen molar-refractivity contribution in [1.82, 2.24) is 0 Å². The second-order valence-corrected chi connectivity index (χ2v) is 3.40. The van der Waals surface area contributed by atoms with Crippen LogP contribution < -0.4 is 0 Å². The first-order valence-electron chi connectivity index (χ1n) is 4.91. The van der Waals surface area contributed by atoms with E-state index in [2.05, 4.69) is 54.1 Å². The van der Waals surface area contributed by atoms with E-state index < -0.39 is 0 Å². The molecule has 0 heterocycles. The molecule has 0 aromatic heterocycles. The molecule has 0 unspecified atom stereocenters. The molecule has 0 atom stereocenters. The van der Waals surface area contributed by atoms with Gasteiger partial charge in [0.05, 0.1) is 0 Å². The molecule has 0 fully saturated rings. The average Bonchev–Trinajstić information content (AvgIpc) is 2.70. The van der Waals surface area contributed by atoms with Crippen LogP contribution in [-0.2, 0) is 32.6 Å². The summed E-state index contributed by atoms with van der Waals surface area (Å²) < 4.78 is 0. The Bertz CT molecular complexity index is 422. The van der Waals surface area contributed by atoms with E-state index in [0.29, 0.717) is 0 Å². The van der Waals surface area contributed by atoms with E-state index in [0.717, 1.165) is 6.42 Å². The predicted molar refractivity (Wildman–Crippen MR) is 65.3 cm³/mol. The van der Waals surface area contributed by atoms with Gasteiger partial charge in [-0.1, -0.05) is 35.4 Å². The third-order valence-corrected chi connectivity index (χ3v) is 2.62. The fraction of sp³-hybridized carbons (Fsp3) is 0.143. The zero-order valence-electron chi connectivity index (χ0n) is 9.13. The van der Waals surface area contributed by atoms with Crippen LogP contribution in [0.5, 0.6) is 0 Å². The fourth-order valence-corrected chi connectivity index (χ4v) is 2.00. The second kappa shape index (κ2) is 6.37. The Morgan fingerprint density at radius 3 is 2.50 bits per heavy atom. The summed E-state index contributed by atoms with van der Waals surface area (Å²) in [6.45, 7) is 0. The monoisotopic (exact) mass is 305 g/mol. The molecule has 0 N–H and O–H groups in total. The van der Waals surface area contributed by atoms with Gasteiger partial charge in [0, 0.05) is 32.6 Å². The van der Waals surface area contributed by atoms with Crippen LogP contribution in [-0.4, -0.2) is 6.38 Å². The summed E-state index contributed by atoms with van der Waals surface area (Å²) in [7, 11) is 0. The molecule has 2 aromatic rings. The number of benzene rings is 2. The van der Waals surface area contributed by atoms with Crippen LogP contribution in [0.1, 0.15) is 11.1 Å². The Balaban J connectivity index is 0.000000406. The van der Waals surface area contributed by atoms with Crippen LogP contribution >= 0.6 is 11.6 Å². The minimum atomic E-state index is 0. The third-order valence-electron chi connectivity index (χ3n) is 2.62. The molecule has 0 nitrogen and oxygen atoms in total. The molecule has 1 aliphatic rings. The molecule has 0 amide bonds. The summed E-state index contributed by atoms with van der Waals surface area (Å²) in [5.74, 6) is 0. The maximum atomic E-state index is 4.64. The summed E-state index contributed by atoms with van der Waals surface area (Å²) in [4.78, 5) is 0. The smallest absolute Gasteiger partial charge is 0.0108 e. The average molecular weight is 307 g/mol. The van der Waals surface area contributed by atoms with E-state index in [1.807, 2.05) is 6.07 Å². The molecular formula is C14H12ClZr-. The van der Waals surface area contributed by atoms with Crippen LogP contribution in [0.4, 0.5) is 0 Å². The van der Waals surface area contributed by atoms with Crippen molar-refractivity contribution in [2.45, 2.75) is 6.42 Å². The van der Waals surface area contributed by atoms with E-state index in [-0.39, 0.29) is 26.2 Å². The van der Waals surface area contributed by atoms with Crippen molar-refractivity contribution in [1.29, 1.82) is 0 Å².